The normalized spacial score (nSPS) is 15.7. The Hall–Kier alpha value is -4.40. The lowest BCUT2D eigenvalue weighted by molar-refractivity contribution is 0.564. The summed E-state index contributed by atoms with van der Waals surface area (Å²) < 4.78 is 3.54. The molecule has 1 aliphatic rings. The number of hydrogen-bond acceptors (Lipinski definition) is 0. The van der Waals surface area contributed by atoms with Crippen LogP contribution < -0.4 is 0 Å². The van der Waals surface area contributed by atoms with Crippen LogP contribution in [-0.2, 0) is 5.41 Å². The lowest BCUT2D eigenvalue weighted by Crippen LogP contribution is -2.19. The Morgan fingerprint density at radius 3 is 1.93 bits per heavy atom. The molecule has 0 amide bonds. The highest BCUT2D eigenvalue weighted by Crippen LogP contribution is 2.52. The van der Waals surface area contributed by atoms with E-state index < -0.39 is 0 Å². The molecule has 2 heteroatoms. The molecule has 1 aliphatic carbocycles. The fourth-order valence-electron chi connectivity index (χ4n) is 7.01. The van der Waals surface area contributed by atoms with Crippen molar-refractivity contribution in [2.75, 3.05) is 0 Å². The third-order valence-corrected chi connectivity index (χ3v) is 9.92. The van der Waals surface area contributed by atoms with Crippen molar-refractivity contribution in [3.63, 3.8) is 0 Å². The van der Waals surface area contributed by atoms with Crippen LogP contribution in [0.5, 0.6) is 0 Å². The number of hydrogen-bond donors (Lipinski definition) is 0. The average molecular weight is 605 g/mol. The summed E-state index contributed by atoms with van der Waals surface area (Å²) in [5.41, 5.74) is 14.2. The lowest BCUT2D eigenvalue weighted by atomic mass is 9.77. The Morgan fingerprint density at radius 2 is 1.14 bits per heavy atom. The molecule has 0 radical (unpaired) electrons. The molecule has 42 heavy (non-hydrogen) atoms. The number of fused-ring (bicyclic) bond motifs is 6. The summed E-state index contributed by atoms with van der Waals surface area (Å²) in [6.07, 6.45) is 1.06. The van der Waals surface area contributed by atoms with Crippen LogP contribution >= 0.6 is 15.9 Å². The van der Waals surface area contributed by atoms with Crippen molar-refractivity contribution in [3.8, 4) is 39.1 Å². The molecule has 1 nitrogen and oxygen atoms in total. The molecule has 0 aliphatic heterocycles. The quantitative estimate of drug-likeness (QED) is 0.188. The smallest absolute Gasteiger partial charge is 0.0541 e. The lowest BCUT2D eigenvalue weighted by Gasteiger charge is -2.26. The van der Waals surface area contributed by atoms with E-state index in [-0.39, 0.29) is 5.41 Å². The number of rotatable bonds is 4. The predicted octanol–water partition coefficient (Wildman–Crippen LogP) is 11.6. The van der Waals surface area contributed by atoms with Crippen LogP contribution in [-0.4, -0.2) is 4.57 Å². The maximum Gasteiger partial charge on any atom is 0.0541 e. The highest BCUT2D eigenvalue weighted by atomic mass is 79.9. The van der Waals surface area contributed by atoms with Gasteiger partial charge in [-0.1, -0.05) is 115 Å². The topological polar surface area (TPSA) is 4.93 Å². The minimum atomic E-state index is -0.00348. The molecule has 8 rings (SSSR count). The van der Waals surface area contributed by atoms with Crippen LogP contribution in [0.4, 0.5) is 0 Å². The van der Waals surface area contributed by atoms with Crippen LogP contribution in [0.2, 0.25) is 0 Å². The molecule has 1 aromatic heterocycles. The van der Waals surface area contributed by atoms with Gasteiger partial charge >= 0.3 is 0 Å². The molecule has 7 aromatic rings. The van der Waals surface area contributed by atoms with Gasteiger partial charge in [-0.25, -0.2) is 0 Å². The van der Waals surface area contributed by atoms with Crippen LogP contribution in [0, 0.1) is 0 Å². The van der Waals surface area contributed by atoms with Gasteiger partial charge in [0.25, 0.3) is 0 Å². The SMILES string of the molecule is CCC1(C)c2cc(Br)ccc2-c2ccc(-c3ccc4c(c3)c3ccccc3n4-c3ccc(-c4ccccc4)cc3)cc21. The van der Waals surface area contributed by atoms with Crippen molar-refractivity contribution < 1.29 is 0 Å². The summed E-state index contributed by atoms with van der Waals surface area (Å²) in [7, 11) is 0. The molecule has 0 N–H and O–H groups in total. The highest BCUT2D eigenvalue weighted by Gasteiger charge is 2.38. The van der Waals surface area contributed by atoms with Gasteiger partial charge in [0.15, 0.2) is 0 Å². The molecular formula is C40H30BrN. The highest BCUT2D eigenvalue weighted by molar-refractivity contribution is 9.10. The second-order valence-corrected chi connectivity index (χ2v) is 12.5. The molecule has 0 bridgehead atoms. The first-order valence-electron chi connectivity index (χ1n) is 14.7. The summed E-state index contributed by atoms with van der Waals surface area (Å²) in [6, 6.07) is 49.1. The summed E-state index contributed by atoms with van der Waals surface area (Å²) in [5.74, 6) is 0. The summed E-state index contributed by atoms with van der Waals surface area (Å²) in [4.78, 5) is 0. The molecule has 1 unspecified atom stereocenters. The van der Waals surface area contributed by atoms with Crippen molar-refractivity contribution in [1.29, 1.82) is 0 Å². The van der Waals surface area contributed by atoms with E-state index in [4.69, 9.17) is 0 Å². The van der Waals surface area contributed by atoms with Gasteiger partial charge in [-0.3, -0.25) is 0 Å². The van der Waals surface area contributed by atoms with E-state index >= 15 is 0 Å². The van der Waals surface area contributed by atoms with E-state index in [2.05, 4.69) is 168 Å². The van der Waals surface area contributed by atoms with Crippen LogP contribution in [0.15, 0.2) is 138 Å². The number of halogens is 1. The van der Waals surface area contributed by atoms with Crippen LogP contribution in [0.3, 0.4) is 0 Å². The van der Waals surface area contributed by atoms with Gasteiger partial charge in [-0.2, -0.15) is 0 Å². The molecule has 0 saturated carbocycles. The third-order valence-electron chi connectivity index (χ3n) is 9.43. The molecule has 1 atom stereocenters. The zero-order valence-electron chi connectivity index (χ0n) is 23.7. The molecular weight excluding hydrogens is 574 g/mol. The molecule has 202 valence electrons. The predicted molar refractivity (Wildman–Crippen MR) is 182 cm³/mol. The van der Waals surface area contributed by atoms with Crippen LogP contribution in [0.25, 0.3) is 60.9 Å². The van der Waals surface area contributed by atoms with Gasteiger partial charge in [0.1, 0.15) is 0 Å². The second-order valence-electron chi connectivity index (χ2n) is 11.6. The summed E-state index contributed by atoms with van der Waals surface area (Å²) >= 11 is 3.72. The maximum atomic E-state index is 3.72. The minimum Gasteiger partial charge on any atom is -0.309 e. The maximum absolute atomic E-state index is 3.72. The van der Waals surface area contributed by atoms with Gasteiger partial charge in [0, 0.05) is 26.3 Å². The monoisotopic (exact) mass is 603 g/mol. The Morgan fingerprint density at radius 1 is 0.548 bits per heavy atom. The van der Waals surface area contributed by atoms with Gasteiger partial charge in [-0.05, 0) is 99.5 Å². The largest absolute Gasteiger partial charge is 0.309 e. The number of para-hydroxylation sites is 1. The first kappa shape index (κ1) is 25.3. The van der Waals surface area contributed by atoms with Crippen molar-refractivity contribution >= 4 is 37.7 Å². The van der Waals surface area contributed by atoms with Gasteiger partial charge in [0.05, 0.1) is 11.0 Å². The minimum absolute atomic E-state index is 0.00348. The summed E-state index contributed by atoms with van der Waals surface area (Å²) in [6.45, 7) is 4.70. The van der Waals surface area contributed by atoms with Gasteiger partial charge < -0.3 is 4.57 Å². The van der Waals surface area contributed by atoms with Crippen LogP contribution in [0.1, 0.15) is 31.4 Å². The third kappa shape index (κ3) is 3.75. The number of aromatic nitrogens is 1. The Balaban J connectivity index is 1.26. The van der Waals surface area contributed by atoms with E-state index in [1.165, 1.54) is 72.0 Å². The van der Waals surface area contributed by atoms with E-state index in [0.29, 0.717) is 0 Å². The molecule has 1 heterocycles. The molecule has 0 saturated heterocycles. The van der Waals surface area contributed by atoms with E-state index in [9.17, 15) is 0 Å². The second kappa shape index (κ2) is 9.58. The Bertz CT molecular complexity index is 2140. The first-order valence-corrected chi connectivity index (χ1v) is 15.5. The van der Waals surface area contributed by atoms with Gasteiger partial charge in [-0.15, -0.1) is 0 Å². The number of nitrogens with zero attached hydrogens (tertiary/aromatic N) is 1. The zero-order valence-corrected chi connectivity index (χ0v) is 25.3. The van der Waals surface area contributed by atoms with Crippen molar-refractivity contribution in [2.24, 2.45) is 0 Å². The fourth-order valence-corrected chi connectivity index (χ4v) is 7.37. The van der Waals surface area contributed by atoms with Crippen molar-refractivity contribution in [3.05, 3.63) is 149 Å². The molecule has 6 aromatic carbocycles. The van der Waals surface area contributed by atoms with Gasteiger partial charge in [0.2, 0.25) is 0 Å². The van der Waals surface area contributed by atoms with E-state index in [1.807, 2.05) is 0 Å². The zero-order chi connectivity index (χ0) is 28.4. The number of benzene rings is 6. The van der Waals surface area contributed by atoms with E-state index in [1.54, 1.807) is 0 Å². The fraction of sp³-hybridized carbons (Fsp3) is 0.100. The molecule has 0 spiro atoms. The molecule has 0 fully saturated rings. The van der Waals surface area contributed by atoms with Crippen molar-refractivity contribution in [1.82, 2.24) is 4.57 Å². The van der Waals surface area contributed by atoms with E-state index in [0.717, 1.165) is 10.9 Å². The standard InChI is InChI=1S/C40H30BrN/c1-3-40(2)36-24-29(15-20-32(36)33-21-17-30(41)25-37(33)40)28-16-22-39-35(23-28)34-11-7-8-12-38(34)42(39)31-18-13-27(14-19-31)26-9-5-4-6-10-26/h4-25H,3H2,1-2H3. The Labute approximate surface area is 255 Å². The Kier molecular flexibility index (Phi) is 5.77. The average Bonchev–Trinajstić information content (AvgIpc) is 3.50. The summed E-state index contributed by atoms with van der Waals surface area (Å²) in [5, 5.41) is 2.56. The first-order chi connectivity index (χ1) is 20.5. The van der Waals surface area contributed by atoms with Crippen molar-refractivity contribution in [2.45, 2.75) is 25.7 Å².